The van der Waals surface area contributed by atoms with Gasteiger partial charge in [0.1, 0.15) is 23.3 Å². The largest absolute Gasteiger partial charge is 0.324 e. The van der Waals surface area contributed by atoms with Crippen LogP contribution < -0.4 is 5.73 Å². The number of halogens is 2. The van der Waals surface area contributed by atoms with Crippen LogP contribution in [0.4, 0.5) is 8.78 Å². The minimum Gasteiger partial charge on any atom is -0.324 e. The molecule has 1 heterocycles. The summed E-state index contributed by atoms with van der Waals surface area (Å²) in [4.78, 5) is 0. The molecule has 2 rings (SSSR count). The highest BCUT2D eigenvalue weighted by Gasteiger charge is 2.15. The molecular weight excluding hydrogens is 250 g/mol. The first-order chi connectivity index (χ1) is 9.17. The maximum absolute atomic E-state index is 13.6. The summed E-state index contributed by atoms with van der Waals surface area (Å²) in [5, 5.41) is 7.93. The van der Waals surface area contributed by atoms with Gasteiger partial charge in [0, 0.05) is 18.5 Å². The fourth-order valence-electron chi connectivity index (χ4n) is 2.00. The van der Waals surface area contributed by atoms with Gasteiger partial charge in [-0.15, -0.1) is 10.2 Å². The molecule has 19 heavy (non-hydrogen) atoms. The van der Waals surface area contributed by atoms with Crippen molar-refractivity contribution in [2.45, 2.75) is 32.9 Å². The van der Waals surface area contributed by atoms with Gasteiger partial charge in [-0.05, 0) is 18.6 Å². The summed E-state index contributed by atoms with van der Waals surface area (Å²) in [5.41, 5.74) is 5.59. The van der Waals surface area contributed by atoms with Crippen molar-refractivity contribution in [1.82, 2.24) is 14.8 Å². The molecule has 0 radical (unpaired) electrons. The standard InChI is InChI=1S/C13H16F2N4/c1-2-6-19-12(17-18-13(19)8-16)7-9-10(14)4-3-5-11(9)15/h3-5H,2,6-8,16H2,1H3. The van der Waals surface area contributed by atoms with E-state index in [1.165, 1.54) is 18.2 Å². The van der Waals surface area contributed by atoms with Crippen molar-refractivity contribution >= 4 is 0 Å². The number of hydrogen-bond donors (Lipinski definition) is 1. The summed E-state index contributed by atoms with van der Waals surface area (Å²) in [6.07, 6.45) is 0.948. The Morgan fingerprint density at radius 1 is 1.16 bits per heavy atom. The molecule has 4 nitrogen and oxygen atoms in total. The lowest BCUT2D eigenvalue weighted by molar-refractivity contribution is 0.551. The zero-order valence-electron chi connectivity index (χ0n) is 10.7. The smallest absolute Gasteiger partial charge is 0.146 e. The van der Waals surface area contributed by atoms with E-state index in [9.17, 15) is 8.78 Å². The Kier molecular flexibility index (Phi) is 4.21. The van der Waals surface area contributed by atoms with Crippen molar-refractivity contribution in [1.29, 1.82) is 0 Å². The van der Waals surface area contributed by atoms with Crippen LogP contribution in [0.15, 0.2) is 18.2 Å². The van der Waals surface area contributed by atoms with Gasteiger partial charge < -0.3 is 10.3 Å². The normalized spacial score (nSPS) is 10.9. The highest BCUT2D eigenvalue weighted by Crippen LogP contribution is 2.17. The molecule has 0 aliphatic carbocycles. The summed E-state index contributed by atoms with van der Waals surface area (Å²) >= 11 is 0. The van der Waals surface area contributed by atoms with Crippen LogP contribution in [-0.2, 0) is 19.5 Å². The summed E-state index contributed by atoms with van der Waals surface area (Å²) in [6, 6.07) is 3.82. The molecule has 0 atom stereocenters. The Morgan fingerprint density at radius 2 is 1.79 bits per heavy atom. The van der Waals surface area contributed by atoms with Crippen LogP contribution in [-0.4, -0.2) is 14.8 Å². The zero-order valence-corrected chi connectivity index (χ0v) is 10.7. The predicted octanol–water partition coefficient (Wildman–Crippen LogP) is 2.02. The van der Waals surface area contributed by atoms with E-state index in [0.717, 1.165) is 6.42 Å². The van der Waals surface area contributed by atoms with E-state index in [1.807, 2.05) is 11.5 Å². The number of aromatic nitrogens is 3. The number of benzene rings is 1. The predicted molar refractivity (Wildman–Crippen MR) is 67.4 cm³/mol. The van der Waals surface area contributed by atoms with Crippen LogP contribution in [0, 0.1) is 11.6 Å². The van der Waals surface area contributed by atoms with Crippen LogP contribution in [0.1, 0.15) is 30.6 Å². The first-order valence-corrected chi connectivity index (χ1v) is 6.21. The van der Waals surface area contributed by atoms with Gasteiger partial charge in [0.05, 0.1) is 6.54 Å². The molecule has 0 amide bonds. The molecule has 2 N–H and O–H groups in total. The second-order valence-electron chi connectivity index (χ2n) is 4.27. The Hall–Kier alpha value is -1.82. The van der Waals surface area contributed by atoms with E-state index in [1.54, 1.807) is 0 Å². The molecule has 0 unspecified atom stereocenters. The maximum Gasteiger partial charge on any atom is 0.146 e. The van der Waals surface area contributed by atoms with Gasteiger partial charge in [-0.1, -0.05) is 13.0 Å². The molecule has 6 heteroatoms. The van der Waals surface area contributed by atoms with E-state index < -0.39 is 11.6 Å². The highest BCUT2D eigenvalue weighted by molar-refractivity contribution is 5.23. The van der Waals surface area contributed by atoms with Crippen molar-refractivity contribution in [3.05, 3.63) is 47.0 Å². The summed E-state index contributed by atoms with van der Waals surface area (Å²) < 4.78 is 29.1. The maximum atomic E-state index is 13.6. The molecule has 0 spiro atoms. The van der Waals surface area contributed by atoms with Gasteiger partial charge >= 0.3 is 0 Å². The second-order valence-corrected chi connectivity index (χ2v) is 4.27. The molecule has 0 aliphatic heterocycles. The van der Waals surface area contributed by atoms with Crippen molar-refractivity contribution in [3.8, 4) is 0 Å². The number of hydrogen-bond acceptors (Lipinski definition) is 3. The number of nitrogens with zero attached hydrogens (tertiary/aromatic N) is 3. The average Bonchev–Trinajstić information content (AvgIpc) is 2.77. The van der Waals surface area contributed by atoms with Crippen LogP contribution >= 0.6 is 0 Å². The molecule has 1 aromatic carbocycles. The molecule has 0 bridgehead atoms. The molecule has 1 aromatic heterocycles. The van der Waals surface area contributed by atoms with Crippen molar-refractivity contribution in [3.63, 3.8) is 0 Å². The van der Waals surface area contributed by atoms with Gasteiger partial charge in [-0.3, -0.25) is 0 Å². The Bertz CT molecular complexity index is 546. The first-order valence-electron chi connectivity index (χ1n) is 6.21. The minimum absolute atomic E-state index is 0.0100. The van der Waals surface area contributed by atoms with Gasteiger partial charge in [0.15, 0.2) is 0 Å². The van der Waals surface area contributed by atoms with E-state index >= 15 is 0 Å². The van der Waals surface area contributed by atoms with Crippen molar-refractivity contribution in [2.24, 2.45) is 5.73 Å². The lowest BCUT2D eigenvalue weighted by Gasteiger charge is -2.09. The summed E-state index contributed by atoms with van der Waals surface area (Å²) in [7, 11) is 0. The van der Waals surface area contributed by atoms with Crippen LogP contribution in [0.5, 0.6) is 0 Å². The molecular formula is C13H16F2N4. The fourth-order valence-corrected chi connectivity index (χ4v) is 2.00. The summed E-state index contributed by atoms with van der Waals surface area (Å²) in [5.74, 6) is 0.0283. The van der Waals surface area contributed by atoms with Gasteiger partial charge in [0.2, 0.25) is 0 Å². The first kappa shape index (κ1) is 13.6. The number of nitrogens with two attached hydrogens (primary N) is 1. The van der Waals surface area contributed by atoms with E-state index in [4.69, 9.17) is 5.73 Å². The molecule has 0 fully saturated rings. The fraction of sp³-hybridized carbons (Fsp3) is 0.385. The lowest BCUT2D eigenvalue weighted by atomic mass is 10.1. The van der Waals surface area contributed by atoms with Gasteiger partial charge in [-0.2, -0.15) is 0 Å². The zero-order chi connectivity index (χ0) is 13.8. The third-order valence-electron chi connectivity index (χ3n) is 2.93. The Labute approximate surface area is 110 Å². The third-order valence-corrected chi connectivity index (χ3v) is 2.93. The molecule has 0 saturated heterocycles. The van der Waals surface area contributed by atoms with E-state index in [2.05, 4.69) is 10.2 Å². The van der Waals surface area contributed by atoms with Crippen molar-refractivity contribution in [2.75, 3.05) is 0 Å². The molecule has 0 aliphatic rings. The quantitative estimate of drug-likeness (QED) is 0.900. The Morgan fingerprint density at radius 3 is 2.37 bits per heavy atom. The SMILES string of the molecule is CCCn1c(CN)nnc1Cc1c(F)cccc1F. The molecule has 0 saturated carbocycles. The monoisotopic (exact) mass is 266 g/mol. The van der Waals surface area contributed by atoms with Crippen LogP contribution in [0.3, 0.4) is 0 Å². The molecule has 2 aromatic rings. The third kappa shape index (κ3) is 2.78. The summed E-state index contributed by atoms with van der Waals surface area (Å²) in [6.45, 7) is 2.95. The number of rotatable bonds is 5. The molecule has 102 valence electrons. The van der Waals surface area contributed by atoms with Gasteiger partial charge in [-0.25, -0.2) is 8.78 Å². The van der Waals surface area contributed by atoms with E-state index in [0.29, 0.717) is 18.2 Å². The highest BCUT2D eigenvalue weighted by atomic mass is 19.1. The minimum atomic E-state index is -0.569. The lowest BCUT2D eigenvalue weighted by Crippen LogP contribution is -2.12. The average molecular weight is 266 g/mol. The van der Waals surface area contributed by atoms with Crippen LogP contribution in [0.2, 0.25) is 0 Å². The van der Waals surface area contributed by atoms with Crippen LogP contribution in [0.25, 0.3) is 0 Å². The Balaban J connectivity index is 2.35. The topological polar surface area (TPSA) is 56.7 Å². The van der Waals surface area contributed by atoms with Crippen molar-refractivity contribution < 1.29 is 8.78 Å². The van der Waals surface area contributed by atoms with E-state index in [-0.39, 0.29) is 18.5 Å². The second kappa shape index (κ2) is 5.88. The van der Waals surface area contributed by atoms with Gasteiger partial charge in [0.25, 0.3) is 0 Å².